The molecule has 5 heteroatoms. The Kier molecular flexibility index (Phi) is 10.0. The van der Waals surface area contributed by atoms with Gasteiger partial charge in [-0.3, -0.25) is 4.79 Å². The van der Waals surface area contributed by atoms with E-state index >= 15 is 0 Å². The van der Waals surface area contributed by atoms with Gasteiger partial charge in [0.05, 0.1) is 9.65 Å². The van der Waals surface area contributed by atoms with Crippen LogP contribution in [0.1, 0.15) is 47.0 Å². The van der Waals surface area contributed by atoms with Gasteiger partial charge in [-0.2, -0.15) is 0 Å². The maximum Gasteiger partial charge on any atom is 0.247 e. The monoisotopic (exact) mass is 371 g/mol. The summed E-state index contributed by atoms with van der Waals surface area (Å²) in [5, 5.41) is 2.85. The van der Waals surface area contributed by atoms with Crippen molar-refractivity contribution in [2.45, 2.75) is 56.6 Å². The highest BCUT2D eigenvalue weighted by Crippen LogP contribution is 2.11. The summed E-state index contributed by atoms with van der Waals surface area (Å²) in [5.74, 6) is -0.0578. The van der Waals surface area contributed by atoms with Gasteiger partial charge in [-0.25, -0.2) is 0 Å². The summed E-state index contributed by atoms with van der Waals surface area (Å²) in [6.07, 6.45) is 3.41. The number of alkyl halides is 1. The van der Waals surface area contributed by atoms with Crippen LogP contribution in [0.15, 0.2) is 0 Å². The van der Waals surface area contributed by atoms with Gasteiger partial charge in [0.1, 0.15) is 6.61 Å². The molecule has 0 aliphatic rings. The van der Waals surface area contributed by atoms with E-state index in [1.54, 1.807) is 0 Å². The molecule has 0 atom stereocenters. The molecule has 0 spiro atoms. The minimum Gasteiger partial charge on any atom is -0.379 e. The van der Waals surface area contributed by atoms with E-state index in [2.05, 4.69) is 27.9 Å². The number of halogens is 1. The van der Waals surface area contributed by atoms with Gasteiger partial charge in [-0.15, -0.1) is 0 Å². The molecular weight excluding hydrogens is 345 g/mol. The van der Waals surface area contributed by atoms with Crippen molar-refractivity contribution < 1.29 is 14.3 Å². The van der Waals surface area contributed by atoms with Crippen LogP contribution in [-0.2, 0) is 14.3 Å². The molecule has 0 unspecified atom stereocenters. The van der Waals surface area contributed by atoms with Crippen molar-refractivity contribution in [3.63, 3.8) is 0 Å². The number of amides is 1. The molecule has 0 bridgehead atoms. The van der Waals surface area contributed by atoms with Crippen molar-refractivity contribution in [2.75, 3.05) is 19.8 Å². The summed E-state index contributed by atoms with van der Waals surface area (Å²) >= 11 is 2.18. The lowest BCUT2D eigenvalue weighted by molar-refractivity contribution is -0.126. The Labute approximate surface area is 124 Å². The Morgan fingerprint density at radius 1 is 1.22 bits per heavy atom. The van der Waals surface area contributed by atoms with Crippen molar-refractivity contribution in [1.29, 1.82) is 0 Å². The number of hydrogen-bond acceptors (Lipinski definition) is 3. The lowest BCUT2D eigenvalue weighted by Gasteiger charge is -2.18. The van der Waals surface area contributed by atoms with Crippen molar-refractivity contribution >= 4 is 28.5 Å². The zero-order valence-corrected chi connectivity index (χ0v) is 14.1. The van der Waals surface area contributed by atoms with Crippen molar-refractivity contribution in [3.8, 4) is 0 Å². The summed E-state index contributed by atoms with van der Waals surface area (Å²) in [5.41, 5.74) is 0. The van der Waals surface area contributed by atoms with Gasteiger partial charge in [0, 0.05) is 13.2 Å². The first-order valence-corrected chi connectivity index (χ1v) is 7.58. The number of carbonyl (C=O) groups excluding carboxylic acids is 1. The van der Waals surface area contributed by atoms with Gasteiger partial charge in [0.2, 0.25) is 5.91 Å². The molecule has 108 valence electrons. The number of carbonyl (C=O) groups is 1. The van der Waals surface area contributed by atoms with Crippen LogP contribution in [0.25, 0.3) is 0 Å². The van der Waals surface area contributed by atoms with E-state index in [4.69, 9.17) is 9.47 Å². The highest BCUT2D eigenvalue weighted by Gasteiger charge is 2.14. The quantitative estimate of drug-likeness (QED) is 0.278. The normalized spacial score (nSPS) is 11.9. The van der Waals surface area contributed by atoms with E-state index in [-0.39, 0.29) is 16.1 Å². The van der Waals surface area contributed by atoms with Crippen LogP contribution in [0.3, 0.4) is 0 Å². The van der Waals surface area contributed by atoms with Crippen molar-refractivity contribution in [2.24, 2.45) is 0 Å². The third kappa shape index (κ3) is 14.2. The lowest BCUT2D eigenvalue weighted by Crippen LogP contribution is -2.40. The minimum absolute atomic E-state index is 0.0578. The Hall–Kier alpha value is 0.120. The zero-order valence-electron chi connectivity index (χ0n) is 11.9. The highest BCUT2D eigenvalue weighted by atomic mass is 127. The summed E-state index contributed by atoms with van der Waals surface area (Å²) in [7, 11) is 0. The Balaban J connectivity index is 3.28. The molecule has 0 saturated heterocycles. The topological polar surface area (TPSA) is 47.6 Å². The van der Waals surface area contributed by atoms with E-state index in [1.165, 1.54) is 0 Å². The van der Waals surface area contributed by atoms with Gasteiger partial charge in [0.25, 0.3) is 0 Å². The molecule has 0 radical (unpaired) electrons. The standard InChI is InChI=1S/C13H26INO3/c1-11(2)18-9-7-5-6-8-17-10-12(16)15-13(3,4)14/h11H,5-10H2,1-4H3,(H,15,16). The molecule has 0 aromatic carbocycles. The van der Waals surface area contributed by atoms with Crippen molar-refractivity contribution in [3.05, 3.63) is 0 Å². The van der Waals surface area contributed by atoms with E-state index in [0.717, 1.165) is 25.9 Å². The summed E-state index contributed by atoms with van der Waals surface area (Å²) < 4.78 is 10.5. The molecule has 0 aromatic heterocycles. The molecule has 1 amide bonds. The van der Waals surface area contributed by atoms with Crippen LogP contribution in [0.4, 0.5) is 0 Å². The van der Waals surface area contributed by atoms with Crippen LogP contribution < -0.4 is 5.32 Å². The maximum atomic E-state index is 11.4. The molecule has 0 aliphatic carbocycles. The number of ether oxygens (including phenoxy) is 2. The van der Waals surface area contributed by atoms with Gasteiger partial charge >= 0.3 is 0 Å². The first kappa shape index (κ1) is 18.1. The predicted molar refractivity (Wildman–Crippen MR) is 82.0 cm³/mol. The van der Waals surface area contributed by atoms with E-state index in [0.29, 0.717) is 12.7 Å². The molecule has 0 saturated carbocycles. The Morgan fingerprint density at radius 2 is 1.83 bits per heavy atom. The zero-order chi connectivity index (χ0) is 14.0. The second kappa shape index (κ2) is 9.97. The smallest absolute Gasteiger partial charge is 0.247 e. The molecule has 1 N–H and O–H groups in total. The first-order valence-electron chi connectivity index (χ1n) is 6.50. The summed E-state index contributed by atoms with van der Waals surface area (Å²) in [6.45, 7) is 9.56. The SMILES string of the molecule is CC(C)OCCCCCOCC(=O)NC(C)(C)I. The Morgan fingerprint density at radius 3 is 2.39 bits per heavy atom. The van der Waals surface area contributed by atoms with Crippen LogP contribution in [-0.4, -0.2) is 35.4 Å². The number of unbranched alkanes of at least 4 members (excludes halogenated alkanes) is 2. The molecule has 0 aliphatic heterocycles. The lowest BCUT2D eigenvalue weighted by atomic mass is 10.2. The van der Waals surface area contributed by atoms with Crippen LogP contribution >= 0.6 is 22.6 Å². The molecule has 0 fully saturated rings. The minimum atomic E-state index is -0.216. The average Bonchev–Trinajstić information content (AvgIpc) is 2.18. The summed E-state index contributed by atoms with van der Waals surface area (Å²) in [4.78, 5) is 11.4. The van der Waals surface area contributed by atoms with Gasteiger partial charge in [0.15, 0.2) is 0 Å². The fourth-order valence-electron chi connectivity index (χ4n) is 1.33. The molecule has 0 aromatic rings. The number of nitrogens with one attached hydrogen (secondary N) is 1. The second-order valence-electron chi connectivity index (χ2n) is 5.05. The molecular formula is C13H26INO3. The fourth-order valence-corrected chi connectivity index (χ4v) is 1.64. The van der Waals surface area contributed by atoms with E-state index in [9.17, 15) is 4.79 Å². The molecule has 0 rings (SSSR count). The largest absolute Gasteiger partial charge is 0.379 e. The molecule has 4 nitrogen and oxygen atoms in total. The van der Waals surface area contributed by atoms with Crippen LogP contribution in [0.2, 0.25) is 0 Å². The number of rotatable bonds is 10. The molecule has 18 heavy (non-hydrogen) atoms. The highest BCUT2D eigenvalue weighted by molar-refractivity contribution is 14.1. The maximum absolute atomic E-state index is 11.4. The van der Waals surface area contributed by atoms with Gasteiger partial charge in [-0.1, -0.05) is 22.6 Å². The van der Waals surface area contributed by atoms with Crippen molar-refractivity contribution in [1.82, 2.24) is 5.32 Å². The fraction of sp³-hybridized carbons (Fsp3) is 0.923. The van der Waals surface area contributed by atoms with Gasteiger partial charge < -0.3 is 14.8 Å². The first-order chi connectivity index (χ1) is 8.31. The third-order valence-corrected chi connectivity index (χ3v) is 2.32. The van der Waals surface area contributed by atoms with Crippen LogP contribution in [0.5, 0.6) is 0 Å². The van der Waals surface area contributed by atoms with Gasteiger partial charge in [-0.05, 0) is 47.0 Å². The summed E-state index contributed by atoms with van der Waals surface area (Å²) in [6, 6.07) is 0. The number of hydrogen-bond donors (Lipinski definition) is 1. The van der Waals surface area contributed by atoms with E-state index < -0.39 is 0 Å². The molecule has 0 heterocycles. The van der Waals surface area contributed by atoms with Crippen LogP contribution in [0, 0.1) is 0 Å². The average molecular weight is 371 g/mol. The Bertz CT molecular complexity index is 227. The third-order valence-electron chi connectivity index (χ3n) is 2.05. The second-order valence-corrected chi connectivity index (χ2v) is 7.75. The predicted octanol–water partition coefficient (Wildman–Crippen LogP) is 2.89. The van der Waals surface area contributed by atoms with E-state index in [1.807, 2.05) is 27.7 Å².